The number of carbonyl (C=O) groups is 2. The molecule has 0 spiro atoms. The van der Waals surface area contributed by atoms with Gasteiger partial charge in [-0.2, -0.15) is 0 Å². The molecule has 3 aromatic rings. The SMILES string of the molecule is CC(=O)COc1ccc2nc(-c3ccc(OC[C@H](C)NC(=O)OC(C)(C)C)cn3)oc2c1. The molecule has 1 atom stereocenters. The van der Waals surface area contributed by atoms with Gasteiger partial charge in [-0.25, -0.2) is 14.8 Å². The minimum absolute atomic E-state index is 0.00142. The van der Waals surface area contributed by atoms with Gasteiger partial charge in [-0.15, -0.1) is 0 Å². The van der Waals surface area contributed by atoms with E-state index in [1.165, 1.54) is 6.92 Å². The van der Waals surface area contributed by atoms with Crippen molar-refractivity contribution in [1.82, 2.24) is 15.3 Å². The van der Waals surface area contributed by atoms with E-state index < -0.39 is 11.7 Å². The number of ketones is 1. The lowest BCUT2D eigenvalue weighted by Crippen LogP contribution is -2.40. The number of fused-ring (bicyclic) bond motifs is 1. The zero-order chi connectivity index (χ0) is 23.3. The molecule has 0 saturated heterocycles. The fourth-order valence-corrected chi connectivity index (χ4v) is 2.65. The number of carbonyl (C=O) groups excluding carboxylic acids is 2. The summed E-state index contributed by atoms with van der Waals surface area (Å²) in [6.45, 7) is 8.95. The van der Waals surface area contributed by atoms with Crippen molar-refractivity contribution < 1.29 is 28.2 Å². The van der Waals surface area contributed by atoms with Crippen molar-refractivity contribution in [3.8, 4) is 23.1 Å². The third kappa shape index (κ3) is 6.69. The number of aromatic nitrogens is 2. The topological polar surface area (TPSA) is 113 Å². The van der Waals surface area contributed by atoms with Crippen LogP contribution in [0.3, 0.4) is 0 Å². The molecule has 0 saturated carbocycles. The number of hydrogen-bond acceptors (Lipinski definition) is 8. The number of alkyl carbamates (subject to hydrolysis) is 1. The Kier molecular flexibility index (Phi) is 6.97. The molecule has 2 aromatic heterocycles. The molecule has 0 radical (unpaired) electrons. The van der Waals surface area contributed by atoms with Crippen LogP contribution in [0.15, 0.2) is 40.9 Å². The predicted molar refractivity (Wildman–Crippen MR) is 118 cm³/mol. The zero-order valence-corrected chi connectivity index (χ0v) is 18.8. The molecule has 170 valence electrons. The molecular formula is C23H27N3O6. The van der Waals surface area contributed by atoms with Crippen LogP contribution in [-0.4, -0.2) is 46.7 Å². The van der Waals surface area contributed by atoms with Gasteiger partial charge >= 0.3 is 6.09 Å². The van der Waals surface area contributed by atoms with Gasteiger partial charge < -0.3 is 23.9 Å². The van der Waals surface area contributed by atoms with Crippen molar-refractivity contribution in [2.45, 2.75) is 46.3 Å². The van der Waals surface area contributed by atoms with E-state index in [2.05, 4.69) is 15.3 Å². The van der Waals surface area contributed by atoms with Crippen molar-refractivity contribution in [2.75, 3.05) is 13.2 Å². The van der Waals surface area contributed by atoms with Gasteiger partial charge in [-0.1, -0.05) is 0 Å². The van der Waals surface area contributed by atoms with Crippen LogP contribution in [0.5, 0.6) is 11.5 Å². The van der Waals surface area contributed by atoms with Crippen LogP contribution in [0, 0.1) is 0 Å². The van der Waals surface area contributed by atoms with E-state index in [9.17, 15) is 9.59 Å². The number of benzene rings is 1. The second-order valence-corrected chi connectivity index (χ2v) is 8.38. The molecule has 0 aliphatic rings. The summed E-state index contributed by atoms with van der Waals surface area (Å²) in [6.07, 6.45) is 1.07. The first-order valence-electron chi connectivity index (χ1n) is 10.2. The fraction of sp³-hybridized carbons (Fsp3) is 0.391. The Hall–Kier alpha value is -3.62. The van der Waals surface area contributed by atoms with Crippen molar-refractivity contribution in [3.63, 3.8) is 0 Å². The molecular weight excluding hydrogens is 414 g/mol. The molecule has 0 unspecified atom stereocenters. The Morgan fingerprint density at radius 3 is 2.53 bits per heavy atom. The molecule has 1 aromatic carbocycles. The highest BCUT2D eigenvalue weighted by Gasteiger charge is 2.18. The molecule has 0 aliphatic carbocycles. The number of oxazole rings is 1. The molecule has 3 rings (SSSR count). The lowest BCUT2D eigenvalue weighted by Gasteiger charge is -2.22. The van der Waals surface area contributed by atoms with Gasteiger partial charge in [0.1, 0.15) is 41.5 Å². The Morgan fingerprint density at radius 2 is 1.88 bits per heavy atom. The van der Waals surface area contributed by atoms with Crippen LogP contribution in [0.25, 0.3) is 22.7 Å². The summed E-state index contributed by atoms with van der Waals surface area (Å²) in [5, 5.41) is 2.72. The van der Waals surface area contributed by atoms with E-state index in [-0.39, 0.29) is 25.0 Å². The third-order valence-electron chi connectivity index (χ3n) is 4.02. The number of nitrogens with one attached hydrogen (secondary N) is 1. The first kappa shape index (κ1) is 23.1. The Bertz CT molecular complexity index is 1090. The lowest BCUT2D eigenvalue weighted by atomic mass is 10.2. The Balaban J connectivity index is 1.58. The highest BCUT2D eigenvalue weighted by atomic mass is 16.6. The zero-order valence-electron chi connectivity index (χ0n) is 18.8. The van der Waals surface area contributed by atoms with Gasteiger partial charge in [0.2, 0.25) is 5.89 Å². The van der Waals surface area contributed by atoms with Crippen LogP contribution < -0.4 is 14.8 Å². The standard InChI is InChI=1S/C23H27N3O6/c1-14(25-22(28)32-23(3,4)5)12-29-17-7-9-19(24-11-17)21-26-18-8-6-16(10-20(18)31-21)30-13-15(2)27/h6-11,14H,12-13H2,1-5H3,(H,25,28)/t14-/m0/s1. The summed E-state index contributed by atoms with van der Waals surface area (Å²) < 4.78 is 22.1. The van der Waals surface area contributed by atoms with E-state index in [4.69, 9.17) is 18.6 Å². The van der Waals surface area contributed by atoms with E-state index >= 15 is 0 Å². The quantitative estimate of drug-likeness (QED) is 0.555. The number of pyridine rings is 1. The average molecular weight is 441 g/mol. The van der Waals surface area contributed by atoms with Crippen molar-refractivity contribution in [2.24, 2.45) is 0 Å². The van der Waals surface area contributed by atoms with E-state index in [0.29, 0.717) is 34.2 Å². The van der Waals surface area contributed by atoms with Crippen molar-refractivity contribution >= 4 is 23.0 Å². The Morgan fingerprint density at radius 1 is 1.12 bits per heavy atom. The largest absolute Gasteiger partial charge is 0.490 e. The van der Waals surface area contributed by atoms with E-state index in [1.54, 1.807) is 57.3 Å². The van der Waals surface area contributed by atoms with Gasteiger partial charge in [-0.3, -0.25) is 4.79 Å². The van der Waals surface area contributed by atoms with E-state index in [0.717, 1.165) is 0 Å². The molecule has 0 aliphatic heterocycles. The number of rotatable bonds is 8. The molecule has 1 N–H and O–H groups in total. The fourth-order valence-electron chi connectivity index (χ4n) is 2.65. The maximum Gasteiger partial charge on any atom is 0.407 e. The minimum atomic E-state index is -0.557. The summed E-state index contributed by atoms with van der Waals surface area (Å²) in [7, 11) is 0. The van der Waals surface area contributed by atoms with Gasteiger partial charge in [-0.05, 0) is 58.9 Å². The van der Waals surface area contributed by atoms with Gasteiger partial charge in [0.25, 0.3) is 0 Å². The van der Waals surface area contributed by atoms with Gasteiger partial charge in [0.05, 0.1) is 12.2 Å². The molecule has 9 heteroatoms. The molecule has 0 bridgehead atoms. The molecule has 9 nitrogen and oxygen atoms in total. The number of amides is 1. The number of hydrogen-bond donors (Lipinski definition) is 1. The van der Waals surface area contributed by atoms with Crippen LogP contribution in [0.4, 0.5) is 4.79 Å². The number of nitrogens with zero attached hydrogens (tertiary/aromatic N) is 2. The van der Waals surface area contributed by atoms with E-state index in [1.807, 2.05) is 6.92 Å². The molecule has 2 heterocycles. The normalized spacial score (nSPS) is 12.3. The van der Waals surface area contributed by atoms with Crippen molar-refractivity contribution in [3.05, 3.63) is 36.5 Å². The van der Waals surface area contributed by atoms with Crippen LogP contribution in [0.2, 0.25) is 0 Å². The summed E-state index contributed by atoms with van der Waals surface area (Å²) in [5.74, 6) is 1.36. The van der Waals surface area contributed by atoms with Crippen LogP contribution in [0.1, 0.15) is 34.6 Å². The highest BCUT2D eigenvalue weighted by Crippen LogP contribution is 2.27. The summed E-state index contributed by atoms with van der Waals surface area (Å²) in [5.41, 5.74) is 1.17. The minimum Gasteiger partial charge on any atom is -0.490 e. The predicted octanol–water partition coefficient (Wildman–Crippen LogP) is 4.15. The maximum absolute atomic E-state index is 11.8. The average Bonchev–Trinajstić information content (AvgIpc) is 3.13. The van der Waals surface area contributed by atoms with Crippen LogP contribution >= 0.6 is 0 Å². The smallest absolute Gasteiger partial charge is 0.407 e. The lowest BCUT2D eigenvalue weighted by molar-refractivity contribution is -0.118. The maximum atomic E-state index is 11.8. The number of ether oxygens (including phenoxy) is 3. The second-order valence-electron chi connectivity index (χ2n) is 8.38. The molecule has 32 heavy (non-hydrogen) atoms. The Labute approximate surface area is 186 Å². The first-order chi connectivity index (χ1) is 15.1. The number of Topliss-reactive ketones (excluding diaryl/α,β-unsaturated/α-hetero) is 1. The summed E-state index contributed by atoms with van der Waals surface area (Å²) >= 11 is 0. The first-order valence-corrected chi connectivity index (χ1v) is 10.2. The van der Waals surface area contributed by atoms with Crippen LogP contribution in [-0.2, 0) is 9.53 Å². The monoisotopic (exact) mass is 441 g/mol. The summed E-state index contributed by atoms with van der Waals surface area (Å²) in [4.78, 5) is 31.7. The molecule has 0 fully saturated rings. The third-order valence-corrected chi connectivity index (χ3v) is 4.02. The van der Waals surface area contributed by atoms with Gasteiger partial charge in [0.15, 0.2) is 11.4 Å². The summed E-state index contributed by atoms with van der Waals surface area (Å²) in [6, 6.07) is 8.41. The van der Waals surface area contributed by atoms with Gasteiger partial charge in [0, 0.05) is 6.07 Å². The highest BCUT2D eigenvalue weighted by molar-refractivity contribution is 5.78. The van der Waals surface area contributed by atoms with Crippen molar-refractivity contribution in [1.29, 1.82) is 0 Å². The second kappa shape index (κ2) is 9.67. The molecule has 1 amide bonds.